The molecule has 0 radical (unpaired) electrons. The molecule has 5 N–H and O–H groups in total. The van der Waals surface area contributed by atoms with Crippen LogP contribution in [0.4, 0.5) is 5.82 Å². The standard InChI is InChI=1S/C12H17N5O10P2.Na/c18-8-6(3-25-29(23,24)27-28(20,21)22)26-12(9(8)19)17-5-14-7-10-13-1-2-16(10)4-15-11(7)17;/h1-2,5-6,8-9,12,15,18-19H,3-4H2,(H,23,24)(H2,20,21,22);/q;+1/p-1/t6-,8-,9-,12-;/m0./s1. The molecule has 15 nitrogen and oxygen atoms in total. The van der Waals surface area contributed by atoms with E-state index < -0.39 is 46.8 Å². The summed E-state index contributed by atoms with van der Waals surface area (Å²) in [6, 6.07) is 0. The summed E-state index contributed by atoms with van der Waals surface area (Å²) in [7, 11) is -10.7. The van der Waals surface area contributed by atoms with Gasteiger partial charge in [0.1, 0.15) is 29.8 Å². The van der Waals surface area contributed by atoms with Crippen LogP contribution in [0.2, 0.25) is 0 Å². The van der Waals surface area contributed by atoms with Crippen molar-refractivity contribution in [2.75, 3.05) is 11.9 Å². The summed E-state index contributed by atoms with van der Waals surface area (Å²) in [6.45, 7) is -0.463. The van der Waals surface area contributed by atoms with Crippen molar-refractivity contribution < 1.29 is 77.2 Å². The number of ether oxygens (including phenoxy) is 1. The fourth-order valence-electron chi connectivity index (χ4n) is 3.12. The third kappa shape index (κ3) is 4.74. The zero-order valence-electron chi connectivity index (χ0n) is 15.4. The number of nitrogens with zero attached hydrogens (tertiary/aromatic N) is 4. The zero-order chi connectivity index (χ0) is 21.0. The van der Waals surface area contributed by atoms with Crippen LogP contribution in [0.5, 0.6) is 0 Å². The molecular weight excluding hydrogens is 459 g/mol. The summed E-state index contributed by atoms with van der Waals surface area (Å²) >= 11 is 0. The molecular formula is C12H16N5NaO10P2. The second-order valence-electron chi connectivity index (χ2n) is 6.27. The number of phosphoric acid groups is 2. The van der Waals surface area contributed by atoms with Crippen molar-refractivity contribution in [3.63, 3.8) is 0 Å². The molecule has 0 amide bonds. The van der Waals surface area contributed by atoms with Crippen molar-refractivity contribution in [3.05, 3.63) is 18.7 Å². The zero-order valence-corrected chi connectivity index (χ0v) is 19.2. The fourth-order valence-corrected chi connectivity index (χ4v) is 4.68. The molecule has 5 atom stereocenters. The SMILES string of the molecule is O=P(O)(O)OP(=O)([O-])OC[C@@H]1O[C@H](n2cnc3c2NCn2ccnc2-3)[C@@H](O)[C@H]1O.[Na+]. The molecule has 18 heteroatoms. The molecule has 2 aliphatic heterocycles. The van der Waals surface area contributed by atoms with Crippen molar-refractivity contribution in [2.45, 2.75) is 31.2 Å². The van der Waals surface area contributed by atoms with Gasteiger partial charge in [-0.3, -0.25) is 9.13 Å². The first kappa shape index (κ1) is 24.0. The maximum absolute atomic E-state index is 11.4. The monoisotopic (exact) mass is 475 g/mol. The quantitative estimate of drug-likeness (QED) is 0.197. The average Bonchev–Trinajstić information content (AvgIpc) is 3.29. The van der Waals surface area contributed by atoms with Gasteiger partial charge in [-0.15, -0.1) is 0 Å². The number of imidazole rings is 2. The molecule has 30 heavy (non-hydrogen) atoms. The second kappa shape index (κ2) is 8.71. The predicted molar refractivity (Wildman–Crippen MR) is 89.7 cm³/mol. The Balaban J connectivity index is 0.00000256. The minimum atomic E-state index is -5.37. The third-order valence-electron chi connectivity index (χ3n) is 4.35. The smallest absolute Gasteiger partial charge is 0.756 e. The van der Waals surface area contributed by atoms with Crippen LogP contribution in [-0.4, -0.2) is 64.0 Å². The molecule has 2 aromatic heterocycles. The Bertz CT molecular complexity index is 1010. The maximum Gasteiger partial charge on any atom is 1.00 e. The van der Waals surface area contributed by atoms with Gasteiger partial charge >= 0.3 is 37.4 Å². The van der Waals surface area contributed by atoms with E-state index in [9.17, 15) is 24.2 Å². The molecule has 0 aliphatic carbocycles. The molecule has 0 saturated carbocycles. The Morgan fingerprint density at radius 3 is 2.73 bits per heavy atom. The Morgan fingerprint density at radius 2 is 2.03 bits per heavy atom. The maximum atomic E-state index is 11.4. The topological polar surface area (TPSA) is 213 Å². The number of hydrogen-bond donors (Lipinski definition) is 5. The normalized spacial score (nSPS) is 27.5. The minimum Gasteiger partial charge on any atom is -0.756 e. The van der Waals surface area contributed by atoms with E-state index in [4.69, 9.17) is 14.5 Å². The van der Waals surface area contributed by atoms with Gasteiger partial charge in [-0.1, -0.05) is 0 Å². The van der Waals surface area contributed by atoms with Crippen molar-refractivity contribution in [2.24, 2.45) is 0 Å². The van der Waals surface area contributed by atoms with Crippen molar-refractivity contribution >= 4 is 21.5 Å². The molecule has 0 bridgehead atoms. The Kier molecular flexibility index (Phi) is 6.97. The summed E-state index contributed by atoms with van der Waals surface area (Å²) in [5.41, 5.74) is 0.491. The molecule has 1 unspecified atom stereocenters. The van der Waals surface area contributed by atoms with E-state index in [2.05, 4.69) is 24.1 Å². The van der Waals surface area contributed by atoms with Crippen LogP contribution in [0, 0.1) is 0 Å². The van der Waals surface area contributed by atoms with Crippen molar-refractivity contribution in [3.8, 4) is 11.5 Å². The van der Waals surface area contributed by atoms with Gasteiger partial charge in [-0.2, -0.15) is 0 Å². The van der Waals surface area contributed by atoms with Gasteiger partial charge < -0.3 is 44.0 Å². The molecule has 1 fully saturated rings. The van der Waals surface area contributed by atoms with Crippen LogP contribution in [0.1, 0.15) is 6.23 Å². The predicted octanol–water partition coefficient (Wildman–Crippen LogP) is -4.65. The van der Waals surface area contributed by atoms with Crippen LogP contribution < -0.4 is 39.8 Å². The van der Waals surface area contributed by atoms with Crippen LogP contribution in [0.15, 0.2) is 18.7 Å². The van der Waals surface area contributed by atoms with E-state index in [1.807, 2.05) is 4.57 Å². The summed E-state index contributed by atoms with van der Waals surface area (Å²) in [5, 5.41) is 23.6. The number of fused-ring (bicyclic) bond motifs is 3. The second-order valence-corrected chi connectivity index (χ2v) is 9.05. The van der Waals surface area contributed by atoms with Gasteiger partial charge in [0.2, 0.25) is 0 Å². The van der Waals surface area contributed by atoms with Crippen LogP contribution in [-0.2, 0) is 29.4 Å². The molecule has 4 rings (SSSR count). The number of aliphatic hydroxyl groups is 2. The third-order valence-corrected chi connectivity index (χ3v) is 6.47. The van der Waals surface area contributed by atoms with E-state index >= 15 is 0 Å². The number of hydrogen-bond acceptors (Lipinski definition) is 11. The average molecular weight is 475 g/mol. The summed E-state index contributed by atoms with van der Waals surface area (Å²) in [5.74, 6) is 1.06. The summed E-state index contributed by atoms with van der Waals surface area (Å²) in [6.07, 6.45) is -0.786. The molecule has 0 aromatic carbocycles. The van der Waals surface area contributed by atoms with Crippen LogP contribution >= 0.6 is 15.6 Å². The van der Waals surface area contributed by atoms with Gasteiger partial charge in [0.15, 0.2) is 12.1 Å². The van der Waals surface area contributed by atoms with Gasteiger partial charge in [-0.05, 0) is 0 Å². The number of aromatic nitrogens is 4. The Morgan fingerprint density at radius 1 is 1.30 bits per heavy atom. The molecule has 0 spiro atoms. The number of rotatable bonds is 6. The molecule has 1 saturated heterocycles. The first-order valence-electron chi connectivity index (χ1n) is 8.12. The number of nitrogens with one attached hydrogen (secondary N) is 1. The van der Waals surface area contributed by atoms with Gasteiger partial charge in [-0.25, -0.2) is 18.8 Å². The first-order chi connectivity index (χ1) is 13.6. The minimum absolute atomic E-state index is 0. The Labute approximate surface area is 190 Å². The van der Waals surface area contributed by atoms with E-state index in [-0.39, 0.29) is 29.6 Å². The van der Waals surface area contributed by atoms with E-state index in [0.29, 0.717) is 24.0 Å². The number of phosphoric ester groups is 1. The first-order valence-corrected chi connectivity index (χ1v) is 11.1. The van der Waals surface area contributed by atoms with Crippen LogP contribution in [0.25, 0.3) is 11.5 Å². The summed E-state index contributed by atoms with van der Waals surface area (Å²) < 4.78 is 38.7. The van der Waals surface area contributed by atoms with Crippen molar-refractivity contribution in [1.29, 1.82) is 0 Å². The van der Waals surface area contributed by atoms with E-state index in [1.165, 1.54) is 10.9 Å². The fraction of sp³-hybridized carbons (Fsp3) is 0.500. The molecule has 2 aromatic rings. The van der Waals surface area contributed by atoms with Gasteiger partial charge in [0, 0.05) is 12.4 Å². The summed E-state index contributed by atoms with van der Waals surface area (Å²) in [4.78, 5) is 37.0. The largest absolute Gasteiger partial charge is 1.00 e. The van der Waals surface area contributed by atoms with E-state index in [1.54, 1.807) is 12.4 Å². The van der Waals surface area contributed by atoms with Crippen LogP contribution in [0.3, 0.4) is 0 Å². The molecule has 2 aliphatic rings. The van der Waals surface area contributed by atoms with Gasteiger partial charge in [0.05, 0.1) is 19.6 Å². The van der Waals surface area contributed by atoms with E-state index in [0.717, 1.165) is 0 Å². The number of aliphatic hydroxyl groups excluding tert-OH is 2. The molecule has 4 heterocycles. The van der Waals surface area contributed by atoms with Crippen molar-refractivity contribution in [1.82, 2.24) is 19.1 Å². The van der Waals surface area contributed by atoms with Gasteiger partial charge in [0.25, 0.3) is 7.82 Å². The molecule has 160 valence electrons. The Hall–Kier alpha value is -0.640. The number of anilines is 1.